The Kier molecular flexibility index (Phi) is 7.14. The van der Waals surface area contributed by atoms with Crippen LogP contribution in [0, 0.1) is 0 Å². The lowest BCUT2D eigenvalue weighted by molar-refractivity contribution is -0.137. The molecule has 0 bridgehead atoms. The molecule has 0 radical (unpaired) electrons. The third-order valence-electron chi connectivity index (χ3n) is 6.30. The van der Waals surface area contributed by atoms with Crippen LogP contribution in [0.25, 0.3) is 11.1 Å². The molecule has 0 saturated carbocycles. The number of carbonyl (C=O) groups excluding carboxylic acids is 2. The fraction of sp³-hybridized carbons (Fsp3) is 0.308. The quantitative estimate of drug-likeness (QED) is 0.435. The molecule has 9 nitrogen and oxygen atoms in total. The van der Waals surface area contributed by atoms with Crippen LogP contribution in [0.2, 0.25) is 0 Å². The van der Waals surface area contributed by atoms with Gasteiger partial charge in [-0.05, 0) is 28.7 Å². The summed E-state index contributed by atoms with van der Waals surface area (Å²) in [5, 5.41) is 18.5. The molecule has 9 heteroatoms. The Bertz CT molecular complexity index is 1210. The fourth-order valence-electron chi connectivity index (χ4n) is 4.44. The molecule has 3 aromatic rings. The summed E-state index contributed by atoms with van der Waals surface area (Å²) in [7, 11) is 1.67. The number of hydrogen-bond acceptors (Lipinski definition) is 5. The summed E-state index contributed by atoms with van der Waals surface area (Å²) in [4.78, 5) is 36.2. The average molecular weight is 477 g/mol. The number of nitrogens with zero attached hydrogens (tertiary/aromatic N) is 2. The van der Waals surface area contributed by atoms with Crippen LogP contribution in [0.15, 0.2) is 54.7 Å². The number of aromatic nitrogens is 2. The maximum atomic E-state index is 12.7. The molecule has 182 valence electrons. The van der Waals surface area contributed by atoms with Gasteiger partial charge in [0.15, 0.2) is 0 Å². The number of aryl methyl sites for hydroxylation is 1. The predicted molar refractivity (Wildman–Crippen MR) is 129 cm³/mol. The highest BCUT2D eigenvalue weighted by Crippen LogP contribution is 2.44. The van der Waals surface area contributed by atoms with Crippen molar-refractivity contribution < 1.29 is 24.2 Å². The Balaban J connectivity index is 1.37. The molecule has 1 heterocycles. The number of nitrogens with one attached hydrogen (secondary N) is 2. The number of ether oxygens (including phenoxy) is 1. The van der Waals surface area contributed by atoms with Gasteiger partial charge >= 0.3 is 12.1 Å². The number of benzene rings is 2. The van der Waals surface area contributed by atoms with Crippen LogP contribution in [0.3, 0.4) is 0 Å². The van der Waals surface area contributed by atoms with Crippen molar-refractivity contribution >= 4 is 18.0 Å². The molecule has 1 unspecified atom stereocenters. The second-order valence-corrected chi connectivity index (χ2v) is 8.48. The van der Waals surface area contributed by atoms with E-state index in [-0.39, 0.29) is 31.1 Å². The maximum Gasteiger partial charge on any atom is 0.407 e. The van der Waals surface area contributed by atoms with Crippen molar-refractivity contribution in [1.82, 2.24) is 20.4 Å². The van der Waals surface area contributed by atoms with E-state index in [9.17, 15) is 14.4 Å². The number of aliphatic carboxylic acids is 1. The van der Waals surface area contributed by atoms with Crippen LogP contribution in [-0.4, -0.2) is 45.5 Å². The predicted octanol–water partition coefficient (Wildman–Crippen LogP) is 3.44. The van der Waals surface area contributed by atoms with Crippen molar-refractivity contribution in [3.05, 3.63) is 77.1 Å². The third kappa shape index (κ3) is 5.18. The van der Waals surface area contributed by atoms with E-state index in [4.69, 9.17) is 9.84 Å². The lowest BCUT2D eigenvalue weighted by Crippen LogP contribution is -2.37. The molecular formula is C26H28N4O5. The Morgan fingerprint density at radius 3 is 2.31 bits per heavy atom. The van der Waals surface area contributed by atoms with Crippen molar-refractivity contribution in [1.29, 1.82) is 0 Å². The molecule has 1 aliphatic rings. The number of carbonyl (C=O) groups is 3. The first-order valence-corrected chi connectivity index (χ1v) is 11.5. The summed E-state index contributed by atoms with van der Waals surface area (Å²) in [6.07, 6.45) is 1.11. The van der Waals surface area contributed by atoms with Gasteiger partial charge in [0.25, 0.3) is 5.91 Å². The first kappa shape index (κ1) is 24.0. The van der Waals surface area contributed by atoms with Gasteiger partial charge in [-0.3, -0.25) is 14.3 Å². The molecule has 4 rings (SSSR count). The van der Waals surface area contributed by atoms with E-state index >= 15 is 0 Å². The highest BCUT2D eigenvalue weighted by Gasteiger charge is 2.29. The second kappa shape index (κ2) is 10.4. The smallest absolute Gasteiger partial charge is 0.407 e. The minimum absolute atomic E-state index is 0.0334. The molecule has 2 amide bonds. The molecule has 1 aliphatic carbocycles. The monoisotopic (exact) mass is 476 g/mol. The van der Waals surface area contributed by atoms with E-state index in [1.54, 1.807) is 14.0 Å². The van der Waals surface area contributed by atoms with Crippen molar-refractivity contribution in [2.24, 2.45) is 7.05 Å². The number of fused-ring (bicyclic) bond motifs is 3. The van der Waals surface area contributed by atoms with Gasteiger partial charge in [-0.15, -0.1) is 0 Å². The van der Waals surface area contributed by atoms with Gasteiger partial charge in [-0.25, -0.2) is 4.79 Å². The van der Waals surface area contributed by atoms with E-state index < -0.39 is 24.0 Å². The van der Waals surface area contributed by atoms with E-state index in [2.05, 4.69) is 40.0 Å². The number of amides is 2. The van der Waals surface area contributed by atoms with Crippen LogP contribution in [0.1, 0.15) is 52.9 Å². The van der Waals surface area contributed by atoms with Crippen molar-refractivity contribution in [2.75, 3.05) is 6.61 Å². The van der Waals surface area contributed by atoms with Crippen molar-refractivity contribution in [3.8, 4) is 11.1 Å². The highest BCUT2D eigenvalue weighted by molar-refractivity contribution is 5.95. The van der Waals surface area contributed by atoms with Gasteiger partial charge in [0, 0.05) is 19.0 Å². The normalized spacial score (nSPS) is 13.0. The van der Waals surface area contributed by atoms with E-state index in [0.717, 1.165) is 22.3 Å². The van der Waals surface area contributed by atoms with E-state index in [0.29, 0.717) is 12.1 Å². The zero-order chi connectivity index (χ0) is 24.9. The van der Waals surface area contributed by atoms with Gasteiger partial charge in [0.1, 0.15) is 6.61 Å². The molecule has 3 N–H and O–H groups in total. The number of alkyl carbamates (subject to hydrolysis) is 1. The minimum atomic E-state index is -0.986. The van der Waals surface area contributed by atoms with Gasteiger partial charge < -0.3 is 20.5 Å². The third-order valence-corrected chi connectivity index (χ3v) is 6.30. The highest BCUT2D eigenvalue weighted by atomic mass is 16.5. The Morgan fingerprint density at radius 2 is 1.71 bits per heavy atom. The van der Waals surface area contributed by atoms with Gasteiger partial charge in [-0.2, -0.15) is 5.10 Å². The molecule has 1 atom stereocenters. The average Bonchev–Trinajstić information content (AvgIpc) is 3.38. The fourth-order valence-corrected chi connectivity index (χ4v) is 4.44. The number of carboxylic acid groups (broad SMARTS) is 1. The number of rotatable bonds is 9. The Labute approximate surface area is 203 Å². The number of hydrogen-bond donors (Lipinski definition) is 3. The topological polar surface area (TPSA) is 123 Å². The Morgan fingerprint density at radius 1 is 1.09 bits per heavy atom. The van der Waals surface area contributed by atoms with Crippen LogP contribution >= 0.6 is 0 Å². The molecule has 35 heavy (non-hydrogen) atoms. The van der Waals surface area contributed by atoms with E-state index in [1.165, 1.54) is 10.9 Å². The summed E-state index contributed by atoms with van der Waals surface area (Å²) >= 11 is 0. The van der Waals surface area contributed by atoms with Crippen LogP contribution in [-0.2, 0) is 23.1 Å². The first-order chi connectivity index (χ1) is 16.9. The lowest BCUT2D eigenvalue weighted by Gasteiger charge is -2.16. The Hall–Kier alpha value is -4.14. The molecule has 0 aliphatic heterocycles. The molecule has 2 aromatic carbocycles. The zero-order valence-electron chi connectivity index (χ0n) is 19.7. The standard InChI is InChI=1S/C26H28N4O5/c1-3-16(12-24(31)32)29-25(33)21-13-28-30(2)23(21)14-27-26(34)35-15-22-19-10-6-4-8-17(19)18-9-5-7-11-20(18)22/h4-11,13,16,22H,3,12,14-15H2,1-2H3,(H,27,34)(H,29,33)(H,31,32). The van der Waals surface area contributed by atoms with Gasteiger partial charge in [0.2, 0.25) is 0 Å². The zero-order valence-corrected chi connectivity index (χ0v) is 19.7. The van der Waals surface area contributed by atoms with Gasteiger partial charge in [0.05, 0.1) is 30.4 Å². The summed E-state index contributed by atoms with van der Waals surface area (Å²) in [6, 6.07) is 15.7. The number of carboxylic acids is 1. The van der Waals surface area contributed by atoms with Crippen molar-refractivity contribution in [3.63, 3.8) is 0 Å². The summed E-state index contributed by atoms with van der Waals surface area (Å²) < 4.78 is 7.06. The summed E-state index contributed by atoms with van der Waals surface area (Å²) in [5.41, 5.74) is 5.31. The van der Waals surface area contributed by atoms with Crippen molar-refractivity contribution in [2.45, 2.75) is 38.3 Å². The molecular weight excluding hydrogens is 448 g/mol. The molecule has 1 aromatic heterocycles. The second-order valence-electron chi connectivity index (χ2n) is 8.48. The van der Waals surface area contributed by atoms with E-state index in [1.807, 2.05) is 24.3 Å². The molecule has 0 saturated heterocycles. The maximum absolute atomic E-state index is 12.7. The lowest BCUT2D eigenvalue weighted by atomic mass is 9.98. The van der Waals surface area contributed by atoms with Crippen LogP contribution < -0.4 is 10.6 Å². The molecule has 0 fully saturated rings. The van der Waals surface area contributed by atoms with Gasteiger partial charge in [-0.1, -0.05) is 55.5 Å². The summed E-state index contributed by atoms with van der Waals surface area (Å²) in [6.45, 7) is 2.02. The first-order valence-electron chi connectivity index (χ1n) is 11.5. The molecule has 0 spiro atoms. The SMILES string of the molecule is CCC(CC(=O)O)NC(=O)c1cnn(C)c1CNC(=O)OCC1c2ccccc2-c2ccccc21. The van der Waals surface area contributed by atoms with Crippen LogP contribution in [0.4, 0.5) is 4.79 Å². The largest absolute Gasteiger partial charge is 0.481 e. The van der Waals surface area contributed by atoms with Crippen LogP contribution in [0.5, 0.6) is 0 Å². The summed E-state index contributed by atoms with van der Waals surface area (Å²) in [5.74, 6) is -1.47. The minimum Gasteiger partial charge on any atom is -0.481 e.